The lowest BCUT2D eigenvalue weighted by molar-refractivity contribution is -0.385. The first-order valence-electron chi connectivity index (χ1n) is 8.07. The van der Waals surface area contributed by atoms with Gasteiger partial charge in [-0.3, -0.25) is 15.1 Å². The van der Waals surface area contributed by atoms with Gasteiger partial charge in [-0.1, -0.05) is 18.2 Å². The second-order valence-electron chi connectivity index (χ2n) is 5.88. The Labute approximate surface area is 153 Å². The Hall–Kier alpha value is -3.87. The Morgan fingerprint density at radius 2 is 1.89 bits per heavy atom. The molecule has 0 bridgehead atoms. The van der Waals surface area contributed by atoms with E-state index in [2.05, 4.69) is 4.99 Å². The molecule has 0 radical (unpaired) electrons. The Kier molecular flexibility index (Phi) is 3.97. The number of phenols is 1. The van der Waals surface area contributed by atoms with Crippen LogP contribution >= 0.6 is 0 Å². The molecule has 0 aliphatic carbocycles. The summed E-state index contributed by atoms with van der Waals surface area (Å²) >= 11 is 0. The average Bonchev–Trinajstić information content (AvgIpc) is 3.04. The zero-order chi connectivity index (χ0) is 19.0. The zero-order valence-corrected chi connectivity index (χ0v) is 14.2. The number of rotatable bonds is 4. The highest BCUT2D eigenvalue weighted by Gasteiger charge is 2.15. The van der Waals surface area contributed by atoms with Crippen molar-refractivity contribution in [3.63, 3.8) is 0 Å². The van der Waals surface area contributed by atoms with E-state index >= 15 is 0 Å². The molecule has 0 unspecified atom stereocenters. The summed E-state index contributed by atoms with van der Waals surface area (Å²) in [5.41, 5.74) is 2.05. The monoisotopic (exact) mass is 362 g/mol. The van der Waals surface area contributed by atoms with Crippen molar-refractivity contribution in [3.05, 3.63) is 70.3 Å². The molecule has 1 heterocycles. The smallest absolute Gasteiger partial charge is 0.274 e. The van der Waals surface area contributed by atoms with Crippen molar-refractivity contribution in [2.24, 2.45) is 4.99 Å². The van der Waals surface area contributed by atoms with Crippen LogP contribution in [0.4, 0.5) is 11.4 Å². The molecule has 0 fully saturated rings. The normalized spacial score (nSPS) is 11.4. The number of phenolic OH excluding ortho intramolecular Hbond substituents is 1. The largest absolute Gasteiger partial charge is 0.504 e. The van der Waals surface area contributed by atoms with Gasteiger partial charge in [0.15, 0.2) is 11.5 Å². The molecule has 0 atom stereocenters. The molecule has 0 saturated heterocycles. The third kappa shape index (κ3) is 2.95. The maximum atomic E-state index is 11.0. The molecule has 7 heteroatoms. The van der Waals surface area contributed by atoms with Crippen molar-refractivity contribution >= 4 is 39.5 Å². The number of hydrogen-bond acceptors (Lipinski definition) is 6. The number of nitrogens with zero attached hydrogens (tertiary/aromatic N) is 2. The summed E-state index contributed by atoms with van der Waals surface area (Å²) in [7, 11) is 1.33. The van der Waals surface area contributed by atoms with Crippen molar-refractivity contribution in [1.29, 1.82) is 0 Å². The lowest BCUT2D eigenvalue weighted by Crippen LogP contribution is -1.94. The molecule has 0 aliphatic rings. The van der Waals surface area contributed by atoms with Crippen molar-refractivity contribution in [2.45, 2.75) is 0 Å². The lowest BCUT2D eigenvalue weighted by atomic mass is 10.1. The minimum absolute atomic E-state index is 0.0124. The highest BCUT2D eigenvalue weighted by molar-refractivity contribution is 6.05. The summed E-state index contributed by atoms with van der Waals surface area (Å²) in [6.07, 6.45) is 1.36. The van der Waals surface area contributed by atoms with Crippen LogP contribution in [-0.4, -0.2) is 23.4 Å². The van der Waals surface area contributed by atoms with Crippen LogP contribution in [-0.2, 0) is 0 Å². The number of methoxy groups -OCH3 is 1. The van der Waals surface area contributed by atoms with Gasteiger partial charge in [0.1, 0.15) is 11.2 Å². The number of nitro groups is 1. The molecule has 4 rings (SSSR count). The van der Waals surface area contributed by atoms with Crippen LogP contribution < -0.4 is 4.74 Å². The Balaban J connectivity index is 1.75. The molecule has 27 heavy (non-hydrogen) atoms. The molecule has 0 saturated carbocycles. The molecular formula is C20H14N2O5. The van der Waals surface area contributed by atoms with Crippen molar-refractivity contribution < 1.29 is 19.2 Å². The summed E-state index contributed by atoms with van der Waals surface area (Å²) in [6.45, 7) is 0. The van der Waals surface area contributed by atoms with E-state index in [0.717, 1.165) is 22.4 Å². The van der Waals surface area contributed by atoms with Gasteiger partial charge in [0.2, 0.25) is 0 Å². The highest BCUT2D eigenvalue weighted by Crippen LogP contribution is 2.34. The number of furan rings is 1. The van der Waals surface area contributed by atoms with Crippen LogP contribution in [0.5, 0.6) is 11.5 Å². The maximum absolute atomic E-state index is 11.0. The van der Waals surface area contributed by atoms with Gasteiger partial charge in [-0.15, -0.1) is 0 Å². The first kappa shape index (κ1) is 16.6. The summed E-state index contributed by atoms with van der Waals surface area (Å²) in [6, 6.07) is 15.6. The number of benzene rings is 3. The third-order valence-corrected chi connectivity index (χ3v) is 4.23. The first-order chi connectivity index (χ1) is 13.1. The highest BCUT2D eigenvalue weighted by atomic mass is 16.6. The molecular weight excluding hydrogens is 348 g/mol. The minimum atomic E-state index is -0.556. The van der Waals surface area contributed by atoms with E-state index in [-0.39, 0.29) is 22.7 Å². The number of para-hydroxylation sites is 1. The van der Waals surface area contributed by atoms with E-state index in [9.17, 15) is 15.2 Å². The van der Waals surface area contributed by atoms with Crippen LogP contribution in [0.2, 0.25) is 0 Å². The fraction of sp³-hybridized carbons (Fsp3) is 0.0500. The number of nitro benzene ring substituents is 1. The van der Waals surface area contributed by atoms with Gasteiger partial charge in [0.25, 0.3) is 5.69 Å². The van der Waals surface area contributed by atoms with Crippen LogP contribution in [0.3, 0.4) is 0 Å². The Bertz CT molecular complexity index is 1210. The number of fused-ring (bicyclic) bond motifs is 3. The molecule has 7 nitrogen and oxygen atoms in total. The van der Waals surface area contributed by atoms with Crippen LogP contribution in [0.1, 0.15) is 5.56 Å². The Morgan fingerprint density at radius 1 is 1.11 bits per heavy atom. The Morgan fingerprint density at radius 3 is 2.67 bits per heavy atom. The number of non-ortho nitro benzene ring substituents is 1. The van der Waals surface area contributed by atoms with Crippen molar-refractivity contribution in [2.75, 3.05) is 7.11 Å². The topological polar surface area (TPSA) is 98.1 Å². The van der Waals surface area contributed by atoms with Crippen LogP contribution in [0.25, 0.3) is 21.9 Å². The molecule has 134 valence electrons. The van der Waals surface area contributed by atoms with Crippen molar-refractivity contribution in [1.82, 2.24) is 0 Å². The standard InChI is InChI=1S/C20H14N2O5/c1-26-19-10-14(22(24)25)8-12(20(19)23)11-21-13-6-7-16-15-4-2-3-5-17(15)27-18(16)9-13/h2-11,23H,1H3. The molecule has 0 aliphatic heterocycles. The maximum Gasteiger partial charge on any atom is 0.274 e. The summed E-state index contributed by atoms with van der Waals surface area (Å²) < 4.78 is 10.8. The van der Waals surface area contributed by atoms with Gasteiger partial charge < -0.3 is 14.3 Å². The number of aliphatic imine (C=N–C) groups is 1. The summed E-state index contributed by atoms with van der Waals surface area (Å²) in [5, 5.41) is 23.2. The van der Waals surface area contributed by atoms with E-state index in [4.69, 9.17) is 9.15 Å². The van der Waals surface area contributed by atoms with E-state index in [1.807, 2.05) is 36.4 Å². The predicted octanol–water partition coefficient (Wildman–Crippen LogP) is 4.96. The second-order valence-corrected chi connectivity index (χ2v) is 5.88. The molecule has 4 aromatic rings. The quantitative estimate of drug-likeness (QED) is 0.314. The number of hydrogen-bond donors (Lipinski definition) is 1. The van der Waals surface area contributed by atoms with E-state index in [1.165, 1.54) is 19.4 Å². The third-order valence-electron chi connectivity index (χ3n) is 4.23. The molecule has 3 aromatic carbocycles. The van der Waals surface area contributed by atoms with E-state index in [0.29, 0.717) is 11.3 Å². The fourth-order valence-corrected chi connectivity index (χ4v) is 2.91. The predicted molar refractivity (Wildman–Crippen MR) is 102 cm³/mol. The van der Waals surface area contributed by atoms with E-state index in [1.54, 1.807) is 6.07 Å². The van der Waals surface area contributed by atoms with Gasteiger partial charge >= 0.3 is 0 Å². The van der Waals surface area contributed by atoms with Gasteiger partial charge in [0, 0.05) is 34.7 Å². The van der Waals surface area contributed by atoms with Gasteiger partial charge in [-0.25, -0.2) is 0 Å². The number of ether oxygens (including phenoxy) is 1. The fourth-order valence-electron chi connectivity index (χ4n) is 2.91. The second kappa shape index (κ2) is 6.45. The lowest BCUT2D eigenvalue weighted by Gasteiger charge is -2.05. The molecule has 1 N–H and O–H groups in total. The van der Waals surface area contributed by atoms with Crippen LogP contribution in [0.15, 0.2) is 64.0 Å². The van der Waals surface area contributed by atoms with E-state index < -0.39 is 4.92 Å². The SMILES string of the molecule is COc1cc([N+](=O)[O-])cc(C=Nc2ccc3c(c2)oc2ccccc23)c1O. The average molecular weight is 362 g/mol. The molecule has 0 amide bonds. The summed E-state index contributed by atoms with van der Waals surface area (Å²) in [5.74, 6) is -0.199. The molecule has 1 aromatic heterocycles. The molecule has 0 spiro atoms. The first-order valence-corrected chi connectivity index (χ1v) is 8.07. The van der Waals surface area contributed by atoms with Gasteiger partial charge in [-0.05, 0) is 18.2 Å². The van der Waals surface area contributed by atoms with Gasteiger partial charge in [0.05, 0.1) is 23.8 Å². The minimum Gasteiger partial charge on any atom is -0.504 e. The number of aromatic hydroxyl groups is 1. The zero-order valence-electron chi connectivity index (χ0n) is 14.2. The van der Waals surface area contributed by atoms with Crippen LogP contribution in [0, 0.1) is 10.1 Å². The van der Waals surface area contributed by atoms with Gasteiger partial charge in [-0.2, -0.15) is 0 Å². The summed E-state index contributed by atoms with van der Waals surface area (Å²) in [4.78, 5) is 14.8. The van der Waals surface area contributed by atoms with Crippen molar-refractivity contribution in [3.8, 4) is 11.5 Å².